The molecule has 2 heterocycles. The highest BCUT2D eigenvalue weighted by atomic mass is 35.5. The van der Waals surface area contributed by atoms with Gasteiger partial charge in [-0.1, -0.05) is 41.9 Å². The van der Waals surface area contributed by atoms with E-state index in [1.54, 1.807) is 40.8 Å². The number of benzene rings is 2. The van der Waals surface area contributed by atoms with Crippen molar-refractivity contribution in [3.8, 4) is 0 Å². The summed E-state index contributed by atoms with van der Waals surface area (Å²) in [5.41, 5.74) is 2.41. The molecule has 3 aromatic rings. The monoisotopic (exact) mass is 454 g/mol. The molecule has 1 aliphatic heterocycles. The summed E-state index contributed by atoms with van der Waals surface area (Å²) in [6.45, 7) is 3.16. The van der Waals surface area contributed by atoms with Crippen molar-refractivity contribution in [2.75, 3.05) is 13.1 Å². The van der Waals surface area contributed by atoms with Crippen LogP contribution in [0.25, 0.3) is 0 Å². The summed E-state index contributed by atoms with van der Waals surface area (Å²) >= 11 is 6.51. The van der Waals surface area contributed by atoms with Gasteiger partial charge in [-0.3, -0.25) is 9.59 Å². The van der Waals surface area contributed by atoms with Gasteiger partial charge in [0.1, 0.15) is 11.0 Å². The van der Waals surface area contributed by atoms with Crippen molar-refractivity contribution in [3.05, 3.63) is 88.0 Å². The lowest BCUT2D eigenvalue weighted by molar-refractivity contribution is 0.0697. The molecule has 0 spiro atoms. The molecule has 1 aliphatic rings. The van der Waals surface area contributed by atoms with Crippen molar-refractivity contribution in [2.24, 2.45) is 0 Å². The third-order valence-corrected chi connectivity index (χ3v) is 6.06. The number of aromatic nitrogens is 2. The molecule has 0 atom stereocenters. The average Bonchev–Trinajstić information content (AvgIpc) is 3.08. The first kappa shape index (κ1) is 22.0. The van der Waals surface area contributed by atoms with Crippen molar-refractivity contribution in [2.45, 2.75) is 32.4 Å². The quantitative estimate of drug-likeness (QED) is 0.632. The van der Waals surface area contributed by atoms with Gasteiger partial charge in [0.15, 0.2) is 0 Å². The molecular formula is C24H24ClFN4O2. The first-order valence-electron chi connectivity index (χ1n) is 10.5. The summed E-state index contributed by atoms with van der Waals surface area (Å²) < 4.78 is 14.7. The molecule has 32 heavy (non-hydrogen) atoms. The van der Waals surface area contributed by atoms with Crippen LogP contribution in [0.4, 0.5) is 4.39 Å². The Morgan fingerprint density at radius 1 is 1.09 bits per heavy atom. The lowest BCUT2D eigenvalue weighted by atomic mass is 10.0. The Morgan fingerprint density at radius 2 is 1.75 bits per heavy atom. The highest BCUT2D eigenvalue weighted by Crippen LogP contribution is 2.24. The Balaban J connectivity index is 1.38. The lowest BCUT2D eigenvalue weighted by Gasteiger charge is -2.32. The minimum atomic E-state index is -0.310. The maximum absolute atomic E-state index is 13.2. The minimum absolute atomic E-state index is 0.0181. The number of hydrogen-bond acceptors (Lipinski definition) is 3. The van der Waals surface area contributed by atoms with Crippen molar-refractivity contribution in [1.29, 1.82) is 0 Å². The Labute approximate surface area is 191 Å². The van der Waals surface area contributed by atoms with E-state index < -0.39 is 0 Å². The van der Waals surface area contributed by atoms with Gasteiger partial charge in [-0.05, 0) is 49.6 Å². The standard InChI is InChI=1S/C24H24ClFN4O2/c1-16-21(22(25)30(28-16)15-17-7-9-19(26)10-8-17)24(32)29-13-11-20(12-14-29)27-23(31)18-5-3-2-4-6-18/h2-10,20H,11-15H2,1H3,(H,27,31). The van der Waals surface area contributed by atoms with Crippen LogP contribution in [0.1, 0.15) is 44.8 Å². The van der Waals surface area contributed by atoms with Gasteiger partial charge in [0.25, 0.3) is 11.8 Å². The SMILES string of the molecule is Cc1nn(Cc2ccc(F)cc2)c(Cl)c1C(=O)N1CCC(NC(=O)c2ccccc2)CC1. The second kappa shape index (κ2) is 9.53. The van der Waals surface area contributed by atoms with Gasteiger partial charge in [-0.15, -0.1) is 0 Å². The van der Waals surface area contributed by atoms with E-state index in [1.807, 2.05) is 18.2 Å². The Morgan fingerprint density at radius 3 is 2.41 bits per heavy atom. The van der Waals surface area contributed by atoms with Gasteiger partial charge < -0.3 is 10.2 Å². The third-order valence-electron chi connectivity index (χ3n) is 5.68. The van der Waals surface area contributed by atoms with Crippen LogP contribution in [0.15, 0.2) is 54.6 Å². The molecule has 2 aromatic carbocycles. The van der Waals surface area contributed by atoms with Crippen molar-refractivity contribution >= 4 is 23.4 Å². The third kappa shape index (κ3) is 4.83. The van der Waals surface area contributed by atoms with E-state index in [4.69, 9.17) is 11.6 Å². The van der Waals surface area contributed by atoms with Crippen LogP contribution in [-0.4, -0.2) is 45.6 Å². The van der Waals surface area contributed by atoms with Crippen LogP contribution in [0.2, 0.25) is 5.15 Å². The van der Waals surface area contributed by atoms with E-state index in [1.165, 1.54) is 12.1 Å². The Kier molecular flexibility index (Phi) is 6.55. The number of nitrogens with zero attached hydrogens (tertiary/aromatic N) is 3. The molecule has 8 heteroatoms. The zero-order chi connectivity index (χ0) is 22.7. The number of rotatable bonds is 5. The molecule has 0 saturated carbocycles. The second-order valence-electron chi connectivity index (χ2n) is 7.94. The van der Waals surface area contributed by atoms with E-state index in [9.17, 15) is 14.0 Å². The van der Waals surface area contributed by atoms with Gasteiger partial charge in [-0.25, -0.2) is 9.07 Å². The Bertz CT molecular complexity index is 1110. The van der Waals surface area contributed by atoms with Crippen LogP contribution >= 0.6 is 11.6 Å². The molecule has 0 aliphatic carbocycles. The summed E-state index contributed by atoms with van der Waals surface area (Å²) in [5, 5.41) is 7.74. The molecule has 0 radical (unpaired) electrons. The lowest BCUT2D eigenvalue weighted by Crippen LogP contribution is -2.46. The van der Waals surface area contributed by atoms with Crippen LogP contribution in [0.3, 0.4) is 0 Å². The van der Waals surface area contributed by atoms with Gasteiger partial charge in [0.2, 0.25) is 0 Å². The first-order chi connectivity index (χ1) is 15.4. The second-order valence-corrected chi connectivity index (χ2v) is 8.30. The van der Waals surface area contributed by atoms with E-state index in [2.05, 4.69) is 10.4 Å². The highest BCUT2D eigenvalue weighted by molar-refractivity contribution is 6.33. The fraction of sp³-hybridized carbons (Fsp3) is 0.292. The molecule has 2 amide bonds. The number of carbonyl (C=O) groups excluding carboxylic acids is 2. The van der Waals surface area contributed by atoms with Gasteiger partial charge in [-0.2, -0.15) is 5.10 Å². The predicted octanol–water partition coefficient (Wildman–Crippen LogP) is 4.07. The summed E-state index contributed by atoms with van der Waals surface area (Å²) in [4.78, 5) is 27.3. The summed E-state index contributed by atoms with van der Waals surface area (Å²) in [5.74, 6) is -0.572. The molecule has 1 fully saturated rings. The van der Waals surface area contributed by atoms with Crippen LogP contribution in [0.5, 0.6) is 0 Å². The van der Waals surface area contributed by atoms with E-state index >= 15 is 0 Å². The zero-order valence-corrected chi connectivity index (χ0v) is 18.5. The molecule has 1 saturated heterocycles. The minimum Gasteiger partial charge on any atom is -0.349 e. The van der Waals surface area contributed by atoms with Crippen molar-refractivity contribution in [3.63, 3.8) is 0 Å². The molecule has 0 unspecified atom stereocenters. The molecule has 6 nitrogen and oxygen atoms in total. The highest BCUT2D eigenvalue weighted by Gasteiger charge is 2.29. The van der Waals surface area contributed by atoms with Crippen LogP contribution < -0.4 is 5.32 Å². The van der Waals surface area contributed by atoms with E-state index in [0.717, 1.165) is 5.56 Å². The van der Waals surface area contributed by atoms with E-state index in [0.29, 0.717) is 49.3 Å². The fourth-order valence-electron chi connectivity index (χ4n) is 3.91. The number of amides is 2. The maximum atomic E-state index is 13.2. The average molecular weight is 455 g/mol. The summed E-state index contributed by atoms with van der Waals surface area (Å²) in [7, 11) is 0. The number of hydrogen-bond donors (Lipinski definition) is 1. The normalized spacial score (nSPS) is 14.4. The van der Waals surface area contributed by atoms with Gasteiger partial charge in [0.05, 0.1) is 17.8 Å². The van der Waals surface area contributed by atoms with Crippen LogP contribution in [0, 0.1) is 12.7 Å². The number of halogens is 2. The fourth-order valence-corrected chi connectivity index (χ4v) is 4.22. The molecular weight excluding hydrogens is 431 g/mol. The smallest absolute Gasteiger partial charge is 0.258 e. The molecule has 1 N–H and O–H groups in total. The maximum Gasteiger partial charge on any atom is 0.258 e. The number of nitrogens with one attached hydrogen (secondary N) is 1. The first-order valence-corrected chi connectivity index (χ1v) is 10.9. The van der Waals surface area contributed by atoms with Gasteiger partial charge in [0, 0.05) is 24.7 Å². The van der Waals surface area contributed by atoms with Crippen molar-refractivity contribution in [1.82, 2.24) is 20.0 Å². The molecule has 0 bridgehead atoms. The number of aryl methyl sites for hydroxylation is 1. The zero-order valence-electron chi connectivity index (χ0n) is 17.7. The topological polar surface area (TPSA) is 67.2 Å². The predicted molar refractivity (Wildman–Crippen MR) is 120 cm³/mol. The van der Waals surface area contributed by atoms with Crippen molar-refractivity contribution < 1.29 is 14.0 Å². The Hall–Kier alpha value is -3.19. The van der Waals surface area contributed by atoms with E-state index in [-0.39, 0.29) is 28.8 Å². The largest absolute Gasteiger partial charge is 0.349 e. The number of likely N-dealkylation sites (tertiary alicyclic amines) is 1. The summed E-state index contributed by atoms with van der Waals surface area (Å²) in [6, 6.07) is 15.2. The van der Waals surface area contributed by atoms with Crippen LogP contribution in [-0.2, 0) is 6.54 Å². The summed E-state index contributed by atoms with van der Waals surface area (Å²) in [6.07, 6.45) is 1.34. The molecule has 166 valence electrons. The molecule has 1 aromatic heterocycles. The van der Waals surface area contributed by atoms with Gasteiger partial charge >= 0.3 is 0 Å². The number of piperidine rings is 1. The number of carbonyl (C=O) groups is 2. The molecule has 4 rings (SSSR count).